The van der Waals surface area contributed by atoms with Gasteiger partial charge in [0, 0.05) is 18.9 Å². The summed E-state index contributed by atoms with van der Waals surface area (Å²) in [5.74, 6) is 0.307. The second kappa shape index (κ2) is 6.65. The van der Waals surface area contributed by atoms with E-state index in [0.717, 1.165) is 11.1 Å². The molecule has 92 valence electrons. The van der Waals surface area contributed by atoms with Crippen molar-refractivity contribution in [1.29, 1.82) is 0 Å². The lowest BCUT2D eigenvalue weighted by molar-refractivity contribution is 0.187. The predicted octanol–water partition coefficient (Wildman–Crippen LogP) is 0.595. The first kappa shape index (κ1) is 13.2. The van der Waals surface area contributed by atoms with Gasteiger partial charge in [0.15, 0.2) is 5.96 Å². The van der Waals surface area contributed by atoms with Gasteiger partial charge in [-0.3, -0.25) is 9.98 Å². The van der Waals surface area contributed by atoms with E-state index in [4.69, 9.17) is 5.73 Å². The molecule has 0 aliphatic rings. The van der Waals surface area contributed by atoms with Crippen molar-refractivity contribution in [3.63, 3.8) is 0 Å². The lowest BCUT2D eigenvalue weighted by Crippen LogP contribution is -2.33. The number of aliphatic hydroxyl groups is 1. The third kappa shape index (κ3) is 5.12. The molecule has 1 atom stereocenters. The van der Waals surface area contributed by atoms with Gasteiger partial charge in [-0.05, 0) is 24.6 Å². The van der Waals surface area contributed by atoms with Crippen LogP contribution in [0.3, 0.4) is 0 Å². The molecule has 5 nitrogen and oxygen atoms in total. The molecular weight excluding hydrogens is 216 g/mol. The fourth-order valence-electron chi connectivity index (χ4n) is 1.17. The molecule has 0 amide bonds. The summed E-state index contributed by atoms with van der Waals surface area (Å²) in [4.78, 5) is 7.92. The zero-order valence-corrected chi connectivity index (χ0v) is 9.93. The van der Waals surface area contributed by atoms with Gasteiger partial charge in [-0.1, -0.05) is 12.2 Å². The van der Waals surface area contributed by atoms with Crippen molar-refractivity contribution in [2.24, 2.45) is 10.7 Å². The number of nitrogens with two attached hydrogens (primary N) is 1. The first-order chi connectivity index (χ1) is 8.09. The van der Waals surface area contributed by atoms with Crippen molar-refractivity contribution in [3.05, 3.63) is 42.2 Å². The van der Waals surface area contributed by atoms with Crippen LogP contribution in [0, 0.1) is 0 Å². The maximum atomic E-state index is 9.81. The smallest absolute Gasteiger partial charge is 0.188 e. The van der Waals surface area contributed by atoms with Crippen LogP contribution in [0.1, 0.15) is 18.6 Å². The second-order valence-electron chi connectivity index (χ2n) is 3.83. The number of aliphatic hydroxyl groups excluding tert-OH is 1. The van der Waals surface area contributed by atoms with Crippen LogP contribution in [0.2, 0.25) is 0 Å². The summed E-state index contributed by atoms with van der Waals surface area (Å²) in [7, 11) is 0. The summed E-state index contributed by atoms with van der Waals surface area (Å²) in [6.45, 7) is 6.44. The van der Waals surface area contributed by atoms with Gasteiger partial charge < -0.3 is 16.2 Å². The van der Waals surface area contributed by atoms with Crippen LogP contribution in [-0.4, -0.2) is 29.1 Å². The number of rotatable bonds is 5. The number of nitrogens with zero attached hydrogens (tertiary/aromatic N) is 2. The molecule has 1 aromatic rings. The van der Waals surface area contributed by atoms with Gasteiger partial charge in [-0.25, -0.2) is 0 Å². The fraction of sp³-hybridized carbons (Fsp3) is 0.333. The molecule has 1 rings (SSSR count). The Labute approximate surface area is 101 Å². The van der Waals surface area contributed by atoms with E-state index in [1.54, 1.807) is 24.5 Å². The molecule has 1 heterocycles. The zero-order valence-electron chi connectivity index (χ0n) is 9.93. The molecule has 17 heavy (non-hydrogen) atoms. The third-order valence-corrected chi connectivity index (χ3v) is 2.10. The van der Waals surface area contributed by atoms with Crippen LogP contribution in [0.15, 0.2) is 41.7 Å². The quantitative estimate of drug-likeness (QED) is 0.395. The summed E-state index contributed by atoms with van der Waals surface area (Å²) >= 11 is 0. The van der Waals surface area contributed by atoms with E-state index in [-0.39, 0.29) is 6.54 Å². The van der Waals surface area contributed by atoms with Gasteiger partial charge in [0.05, 0.1) is 12.6 Å². The molecule has 0 aliphatic heterocycles. The van der Waals surface area contributed by atoms with Crippen molar-refractivity contribution < 1.29 is 5.11 Å². The summed E-state index contributed by atoms with van der Waals surface area (Å²) < 4.78 is 0. The van der Waals surface area contributed by atoms with E-state index in [2.05, 4.69) is 21.9 Å². The topological polar surface area (TPSA) is 83.5 Å². The predicted molar refractivity (Wildman–Crippen MR) is 68.5 cm³/mol. The minimum atomic E-state index is -0.664. The highest BCUT2D eigenvalue weighted by atomic mass is 16.3. The highest BCUT2D eigenvalue weighted by Crippen LogP contribution is 2.10. The third-order valence-electron chi connectivity index (χ3n) is 2.10. The number of hydrogen-bond donors (Lipinski definition) is 3. The van der Waals surface area contributed by atoms with E-state index >= 15 is 0 Å². The number of guanidine groups is 1. The van der Waals surface area contributed by atoms with Gasteiger partial charge in [0.2, 0.25) is 0 Å². The zero-order chi connectivity index (χ0) is 12.7. The maximum Gasteiger partial charge on any atom is 0.188 e. The molecule has 0 spiro atoms. The van der Waals surface area contributed by atoms with Gasteiger partial charge in [0.25, 0.3) is 0 Å². The molecule has 1 aromatic heterocycles. The van der Waals surface area contributed by atoms with Crippen molar-refractivity contribution in [3.8, 4) is 0 Å². The van der Waals surface area contributed by atoms with Crippen LogP contribution in [0.25, 0.3) is 0 Å². The Balaban J connectivity index is 2.44. The molecule has 0 bridgehead atoms. The van der Waals surface area contributed by atoms with Crippen LogP contribution in [0.5, 0.6) is 0 Å². The molecular formula is C12H18N4O. The SMILES string of the molecule is C=C(C)CNC(N)=NCC(O)c1ccncc1. The largest absolute Gasteiger partial charge is 0.386 e. The van der Waals surface area contributed by atoms with Gasteiger partial charge in [-0.2, -0.15) is 0 Å². The van der Waals surface area contributed by atoms with E-state index in [0.29, 0.717) is 12.5 Å². The Morgan fingerprint density at radius 1 is 1.59 bits per heavy atom. The Hall–Kier alpha value is -1.88. The molecule has 4 N–H and O–H groups in total. The normalized spacial score (nSPS) is 13.2. The average molecular weight is 234 g/mol. The first-order valence-electron chi connectivity index (χ1n) is 5.35. The molecule has 5 heteroatoms. The second-order valence-corrected chi connectivity index (χ2v) is 3.83. The van der Waals surface area contributed by atoms with Crippen LogP contribution >= 0.6 is 0 Å². The standard InChI is InChI=1S/C12H18N4O/c1-9(2)7-15-12(13)16-8-11(17)10-3-5-14-6-4-10/h3-6,11,17H,1,7-8H2,2H3,(H3,13,15,16). The molecule has 0 radical (unpaired) electrons. The van der Waals surface area contributed by atoms with E-state index in [1.165, 1.54) is 0 Å². The highest BCUT2D eigenvalue weighted by Gasteiger charge is 2.05. The minimum Gasteiger partial charge on any atom is -0.386 e. The maximum absolute atomic E-state index is 9.81. The molecule has 0 aromatic carbocycles. The van der Waals surface area contributed by atoms with E-state index in [1.807, 2.05) is 6.92 Å². The minimum absolute atomic E-state index is 0.221. The average Bonchev–Trinajstić information content (AvgIpc) is 2.34. The lowest BCUT2D eigenvalue weighted by atomic mass is 10.1. The van der Waals surface area contributed by atoms with Crippen molar-refractivity contribution in [1.82, 2.24) is 10.3 Å². The monoisotopic (exact) mass is 234 g/mol. The van der Waals surface area contributed by atoms with Gasteiger partial charge in [0.1, 0.15) is 0 Å². The molecule has 1 unspecified atom stereocenters. The van der Waals surface area contributed by atoms with Gasteiger partial charge >= 0.3 is 0 Å². The summed E-state index contributed by atoms with van der Waals surface area (Å²) in [5.41, 5.74) is 7.37. The molecule has 0 saturated carbocycles. The number of aromatic nitrogens is 1. The van der Waals surface area contributed by atoms with Gasteiger partial charge in [-0.15, -0.1) is 0 Å². The van der Waals surface area contributed by atoms with Crippen molar-refractivity contribution in [2.45, 2.75) is 13.0 Å². The Morgan fingerprint density at radius 3 is 2.82 bits per heavy atom. The van der Waals surface area contributed by atoms with Crippen LogP contribution < -0.4 is 11.1 Å². The highest BCUT2D eigenvalue weighted by molar-refractivity contribution is 5.78. The summed E-state index contributed by atoms with van der Waals surface area (Å²) in [5, 5.41) is 12.7. The molecule has 0 fully saturated rings. The Morgan fingerprint density at radius 2 is 2.24 bits per heavy atom. The number of pyridine rings is 1. The Kier molecular flexibility index (Phi) is 5.16. The fourth-order valence-corrected chi connectivity index (χ4v) is 1.17. The van der Waals surface area contributed by atoms with Crippen LogP contribution in [0.4, 0.5) is 0 Å². The molecule has 0 saturated heterocycles. The number of hydrogen-bond acceptors (Lipinski definition) is 3. The number of nitrogens with one attached hydrogen (secondary N) is 1. The Bertz CT molecular complexity index is 389. The van der Waals surface area contributed by atoms with Crippen molar-refractivity contribution in [2.75, 3.05) is 13.1 Å². The summed E-state index contributed by atoms with van der Waals surface area (Å²) in [6.07, 6.45) is 2.60. The molecule has 0 aliphatic carbocycles. The van der Waals surface area contributed by atoms with Crippen molar-refractivity contribution >= 4 is 5.96 Å². The van der Waals surface area contributed by atoms with E-state index < -0.39 is 6.10 Å². The summed E-state index contributed by atoms with van der Waals surface area (Å²) in [6, 6.07) is 3.50. The number of aliphatic imine (C=N–C) groups is 1. The van der Waals surface area contributed by atoms with Crippen LogP contribution in [-0.2, 0) is 0 Å². The lowest BCUT2D eigenvalue weighted by Gasteiger charge is -2.09. The first-order valence-corrected chi connectivity index (χ1v) is 5.35. The van der Waals surface area contributed by atoms with E-state index in [9.17, 15) is 5.11 Å².